The zero-order valence-electron chi connectivity index (χ0n) is 23.2. The van der Waals surface area contributed by atoms with Crippen LogP contribution in [0.4, 0.5) is 79.0 Å². The van der Waals surface area contributed by atoms with Crippen LogP contribution in [0, 0.1) is 0 Å². The van der Waals surface area contributed by atoms with Gasteiger partial charge in [-0.3, -0.25) is 0 Å². The smallest absolute Gasteiger partial charge is 0.416 e. The number of halogens is 18. The standard InChI is InChI=1S/C26H16F18O4/c1-11(13-3-7-15(8-4-13)21(31,32)33)47-17(45)19(27,28)23(37,38)25(41,42)26(43,44)24(39,40)20(29,30)18(46)48-12(2)14-5-9-16(10-6-14)22(34,35)36/h3-12H,1-2H3. The Hall–Kier alpha value is -3.88. The third-order valence-electron chi connectivity index (χ3n) is 6.47. The van der Waals surface area contributed by atoms with Crippen molar-refractivity contribution in [1.29, 1.82) is 0 Å². The minimum Gasteiger partial charge on any atom is -0.453 e. The number of hydrogen-bond donors (Lipinski definition) is 0. The molecule has 270 valence electrons. The molecule has 2 aromatic carbocycles. The second-order valence-corrected chi connectivity index (χ2v) is 9.78. The van der Waals surface area contributed by atoms with Crippen LogP contribution in [0.2, 0.25) is 0 Å². The van der Waals surface area contributed by atoms with E-state index in [0.29, 0.717) is 38.1 Å². The fourth-order valence-electron chi connectivity index (χ4n) is 3.54. The summed E-state index contributed by atoms with van der Waals surface area (Å²) < 4.78 is 254. The van der Waals surface area contributed by atoms with E-state index in [4.69, 9.17) is 0 Å². The summed E-state index contributed by atoms with van der Waals surface area (Å²) >= 11 is 0. The maximum absolute atomic E-state index is 14.3. The van der Waals surface area contributed by atoms with Gasteiger partial charge in [-0.2, -0.15) is 79.0 Å². The van der Waals surface area contributed by atoms with Crippen LogP contribution in [0.25, 0.3) is 0 Å². The Morgan fingerprint density at radius 3 is 0.875 bits per heavy atom. The highest BCUT2D eigenvalue weighted by Gasteiger charge is 2.92. The van der Waals surface area contributed by atoms with Crippen LogP contribution >= 0.6 is 0 Å². The lowest BCUT2D eigenvalue weighted by atomic mass is 9.91. The van der Waals surface area contributed by atoms with Gasteiger partial charge in [0.15, 0.2) is 0 Å². The van der Waals surface area contributed by atoms with Gasteiger partial charge >= 0.3 is 59.8 Å². The number of rotatable bonds is 11. The fourth-order valence-corrected chi connectivity index (χ4v) is 3.54. The molecule has 4 nitrogen and oxygen atoms in total. The summed E-state index contributed by atoms with van der Waals surface area (Å²) in [5.41, 5.74) is -4.16. The summed E-state index contributed by atoms with van der Waals surface area (Å²) in [6, 6.07) is 2.66. The second kappa shape index (κ2) is 12.5. The van der Waals surface area contributed by atoms with Gasteiger partial charge in [0.1, 0.15) is 12.2 Å². The molecule has 0 heterocycles. The van der Waals surface area contributed by atoms with E-state index >= 15 is 0 Å². The van der Waals surface area contributed by atoms with Gasteiger partial charge in [-0.25, -0.2) is 9.59 Å². The molecule has 0 spiro atoms. The molecule has 0 bridgehead atoms. The summed E-state index contributed by atoms with van der Waals surface area (Å²) in [6.45, 7) is 0.959. The van der Waals surface area contributed by atoms with Crippen molar-refractivity contribution in [3.8, 4) is 0 Å². The van der Waals surface area contributed by atoms with Crippen molar-refractivity contribution in [2.75, 3.05) is 0 Å². The summed E-state index contributed by atoms with van der Waals surface area (Å²) in [5, 5.41) is 0. The van der Waals surface area contributed by atoms with Crippen LogP contribution in [0.1, 0.15) is 48.3 Å². The molecule has 2 atom stereocenters. The first-order valence-electron chi connectivity index (χ1n) is 12.3. The monoisotopic (exact) mass is 734 g/mol. The Balaban J connectivity index is 2.35. The highest BCUT2D eigenvalue weighted by molar-refractivity contribution is 5.80. The van der Waals surface area contributed by atoms with Gasteiger partial charge in [0.2, 0.25) is 0 Å². The Kier molecular flexibility index (Phi) is 10.5. The molecule has 22 heteroatoms. The predicted octanol–water partition coefficient (Wildman–Crippen LogP) is 9.44. The van der Waals surface area contributed by atoms with Gasteiger partial charge in [-0.1, -0.05) is 24.3 Å². The first-order valence-corrected chi connectivity index (χ1v) is 12.3. The normalized spacial score (nSPS) is 15.5. The Bertz CT molecular complexity index is 1350. The van der Waals surface area contributed by atoms with Gasteiger partial charge in [-0.05, 0) is 49.2 Å². The summed E-state index contributed by atoms with van der Waals surface area (Å²) in [6.07, 6.45) is -14.6. The van der Waals surface area contributed by atoms with Gasteiger partial charge in [0.25, 0.3) is 0 Å². The molecule has 0 fully saturated rings. The number of carbonyl (C=O) groups excluding carboxylic acids is 2. The summed E-state index contributed by atoms with van der Waals surface area (Å²) in [7, 11) is 0. The Labute approximate surface area is 255 Å². The molecule has 0 aliphatic carbocycles. The van der Waals surface area contributed by atoms with E-state index in [9.17, 15) is 88.6 Å². The van der Waals surface area contributed by atoms with Gasteiger partial charge < -0.3 is 9.47 Å². The van der Waals surface area contributed by atoms with E-state index in [1.807, 2.05) is 0 Å². The lowest BCUT2D eigenvalue weighted by molar-refractivity contribution is -0.418. The van der Waals surface area contributed by atoms with E-state index in [-0.39, 0.29) is 24.3 Å². The lowest BCUT2D eigenvalue weighted by Crippen LogP contribution is -2.72. The molecule has 0 aliphatic rings. The number of hydrogen-bond acceptors (Lipinski definition) is 4. The van der Waals surface area contributed by atoms with Gasteiger partial charge in [-0.15, -0.1) is 0 Å². The zero-order chi connectivity index (χ0) is 37.7. The van der Waals surface area contributed by atoms with Crippen LogP contribution in [0.15, 0.2) is 48.5 Å². The van der Waals surface area contributed by atoms with Crippen LogP contribution in [-0.2, 0) is 31.4 Å². The van der Waals surface area contributed by atoms with Gasteiger partial charge in [0.05, 0.1) is 11.1 Å². The van der Waals surface area contributed by atoms with E-state index in [1.165, 1.54) is 0 Å². The minimum absolute atomic E-state index is 0.249. The number of carbonyl (C=O) groups is 2. The quantitative estimate of drug-likeness (QED) is 0.171. The zero-order valence-corrected chi connectivity index (χ0v) is 23.2. The van der Waals surface area contributed by atoms with Crippen molar-refractivity contribution in [3.63, 3.8) is 0 Å². The maximum atomic E-state index is 14.3. The molecule has 0 radical (unpaired) electrons. The average molecular weight is 734 g/mol. The molecular formula is C26H16F18O4. The third-order valence-corrected chi connectivity index (χ3v) is 6.47. The highest BCUT2D eigenvalue weighted by Crippen LogP contribution is 2.60. The first kappa shape index (κ1) is 40.3. The van der Waals surface area contributed by atoms with E-state index in [1.54, 1.807) is 0 Å². The van der Waals surface area contributed by atoms with Crippen molar-refractivity contribution < 1.29 is 98.1 Å². The van der Waals surface area contributed by atoms with E-state index < -0.39 is 94.3 Å². The molecule has 0 amide bonds. The van der Waals surface area contributed by atoms with Crippen LogP contribution in [0.5, 0.6) is 0 Å². The van der Waals surface area contributed by atoms with Crippen molar-refractivity contribution in [3.05, 3.63) is 70.8 Å². The van der Waals surface area contributed by atoms with E-state index in [2.05, 4.69) is 9.47 Å². The minimum atomic E-state index is -8.33. The molecule has 0 N–H and O–H groups in total. The molecular weight excluding hydrogens is 718 g/mol. The number of esters is 2. The molecule has 0 aromatic heterocycles. The third kappa shape index (κ3) is 6.96. The number of alkyl halides is 18. The predicted molar refractivity (Wildman–Crippen MR) is 122 cm³/mol. The molecule has 2 rings (SSSR count). The SMILES string of the molecule is CC(OC(=O)C(F)(F)C(F)(F)C(F)(F)C(F)(F)C(F)(F)C(F)(F)C(=O)OC(C)c1ccc(C(F)(F)F)cc1)c1ccc(C(F)(F)F)cc1. The van der Waals surface area contributed by atoms with Gasteiger partial charge in [0, 0.05) is 0 Å². The lowest BCUT2D eigenvalue weighted by Gasteiger charge is -2.40. The molecule has 0 saturated heterocycles. The Morgan fingerprint density at radius 2 is 0.667 bits per heavy atom. The molecule has 0 aliphatic heterocycles. The number of ether oxygens (including phenoxy) is 2. The van der Waals surface area contributed by atoms with Crippen molar-refractivity contribution in [2.45, 2.75) is 73.9 Å². The van der Waals surface area contributed by atoms with Crippen molar-refractivity contribution >= 4 is 11.9 Å². The first-order chi connectivity index (χ1) is 21.3. The highest BCUT2D eigenvalue weighted by atomic mass is 19.4. The average Bonchev–Trinajstić information content (AvgIpc) is 2.95. The summed E-state index contributed by atoms with van der Waals surface area (Å²) in [4.78, 5) is 23.4. The van der Waals surface area contributed by atoms with Crippen molar-refractivity contribution in [2.24, 2.45) is 0 Å². The molecule has 0 saturated carbocycles. The molecule has 2 aromatic rings. The second-order valence-electron chi connectivity index (χ2n) is 9.78. The Morgan fingerprint density at radius 1 is 0.438 bits per heavy atom. The maximum Gasteiger partial charge on any atom is 0.416 e. The van der Waals surface area contributed by atoms with E-state index in [0.717, 1.165) is 0 Å². The van der Waals surface area contributed by atoms with Crippen molar-refractivity contribution in [1.82, 2.24) is 0 Å². The van der Waals surface area contributed by atoms with Crippen LogP contribution in [-0.4, -0.2) is 47.5 Å². The summed E-state index contributed by atoms with van der Waals surface area (Å²) in [5.74, 6) is -54.9. The fraction of sp³-hybridized carbons (Fsp3) is 0.462. The molecule has 48 heavy (non-hydrogen) atoms. The van der Waals surface area contributed by atoms with Crippen LogP contribution in [0.3, 0.4) is 0 Å². The topological polar surface area (TPSA) is 52.6 Å². The van der Waals surface area contributed by atoms with Crippen LogP contribution < -0.4 is 0 Å². The molecule has 2 unspecified atom stereocenters. The number of benzene rings is 2. The largest absolute Gasteiger partial charge is 0.453 e.